The Morgan fingerprint density at radius 3 is 1.66 bits per heavy atom. The van der Waals surface area contributed by atoms with E-state index in [4.69, 9.17) is 28.4 Å². The number of benzene rings is 2. The molecule has 1 aliphatic rings. The average molecular weight is 449 g/mol. The Kier molecular flexibility index (Phi) is 7.58. The first-order chi connectivity index (χ1) is 15.5. The van der Waals surface area contributed by atoms with Crippen molar-refractivity contribution in [3.8, 4) is 34.5 Å². The molecule has 0 fully saturated rings. The Bertz CT molecular complexity index is 917. The van der Waals surface area contributed by atoms with Crippen molar-refractivity contribution in [3.05, 3.63) is 34.9 Å². The lowest BCUT2D eigenvalue weighted by Crippen LogP contribution is -2.35. The minimum absolute atomic E-state index is 0.0672. The normalized spacial score (nSPS) is 19.7. The number of fused-ring (bicyclic) bond motifs is 1. The number of aliphatic hydroxyl groups is 2. The maximum absolute atomic E-state index is 10.4. The van der Waals surface area contributed by atoms with Gasteiger partial charge in [-0.1, -0.05) is 0 Å². The molecule has 0 radical (unpaired) electrons. The van der Waals surface area contributed by atoms with E-state index in [9.17, 15) is 10.2 Å². The fraction of sp³-hybridized carbons (Fsp3) is 0.500. The summed E-state index contributed by atoms with van der Waals surface area (Å²) in [6.07, 6.45) is 0.564. The maximum atomic E-state index is 10.4. The lowest BCUT2D eigenvalue weighted by molar-refractivity contribution is 0.0999. The summed E-state index contributed by atoms with van der Waals surface area (Å²) in [4.78, 5) is 0. The van der Waals surface area contributed by atoms with E-state index in [1.165, 1.54) is 0 Å². The van der Waals surface area contributed by atoms with Crippen molar-refractivity contribution in [2.24, 2.45) is 11.8 Å². The molecule has 0 spiro atoms. The highest BCUT2D eigenvalue weighted by atomic mass is 16.5. The van der Waals surface area contributed by atoms with E-state index in [0.717, 1.165) is 16.7 Å². The second kappa shape index (κ2) is 10.2. The second-order valence-electron chi connectivity index (χ2n) is 7.65. The fourth-order valence-electron chi connectivity index (χ4n) is 4.81. The molecule has 0 aliphatic heterocycles. The zero-order valence-corrected chi connectivity index (χ0v) is 19.4. The predicted octanol–water partition coefficient (Wildman–Crippen LogP) is 2.64. The van der Waals surface area contributed by atoms with Crippen molar-refractivity contribution >= 4 is 0 Å². The molecule has 3 rings (SSSR count). The average Bonchev–Trinajstić information content (AvgIpc) is 2.84. The van der Waals surface area contributed by atoms with E-state index in [-0.39, 0.29) is 31.0 Å². The van der Waals surface area contributed by atoms with E-state index in [1.54, 1.807) is 42.7 Å². The number of hydrogen-bond acceptors (Lipinski definition) is 8. The molecule has 0 aromatic heterocycles. The smallest absolute Gasteiger partial charge is 0.203 e. The van der Waals surface area contributed by atoms with Crippen LogP contribution in [-0.2, 0) is 6.42 Å². The predicted molar refractivity (Wildman–Crippen MR) is 119 cm³/mol. The molecule has 0 unspecified atom stereocenters. The molecule has 0 heterocycles. The molecule has 176 valence electrons. The number of aliphatic hydroxyl groups excluding tert-OH is 2. The van der Waals surface area contributed by atoms with Crippen LogP contribution in [0.15, 0.2) is 18.2 Å². The second-order valence-corrected chi connectivity index (χ2v) is 7.65. The minimum atomic E-state index is -0.329. The molecular weight excluding hydrogens is 416 g/mol. The number of methoxy groups -OCH3 is 6. The first-order valence-corrected chi connectivity index (χ1v) is 10.4. The molecule has 0 bridgehead atoms. The monoisotopic (exact) mass is 448 g/mol. The van der Waals surface area contributed by atoms with Crippen LogP contribution < -0.4 is 28.4 Å². The Balaban J connectivity index is 2.36. The van der Waals surface area contributed by atoms with Crippen LogP contribution in [0.3, 0.4) is 0 Å². The summed E-state index contributed by atoms with van der Waals surface area (Å²) in [6, 6.07) is 5.65. The molecular formula is C24H32O8. The summed E-state index contributed by atoms with van der Waals surface area (Å²) < 4.78 is 33.6. The molecule has 2 aromatic carbocycles. The summed E-state index contributed by atoms with van der Waals surface area (Å²) in [6.45, 7) is -0.189. The number of rotatable bonds is 9. The molecule has 8 nitrogen and oxygen atoms in total. The third kappa shape index (κ3) is 3.89. The molecule has 0 amide bonds. The zero-order valence-electron chi connectivity index (χ0n) is 19.4. The summed E-state index contributed by atoms with van der Waals surface area (Å²) >= 11 is 0. The van der Waals surface area contributed by atoms with E-state index in [1.807, 2.05) is 18.2 Å². The van der Waals surface area contributed by atoms with Gasteiger partial charge in [-0.15, -0.1) is 0 Å². The SMILES string of the molecule is COc1cc([C@@H]2c3c(cc(OC)c(OC)c3OC)C[C@H](CO)[C@H]2CO)cc(OC)c1OC. The standard InChI is InChI=1S/C24H32O8/c1-27-17-9-14(10-18(28-2)22(17)30-4)20-16(12-26)15(11-25)7-13-8-19(29-3)23(31-5)24(32-6)21(13)20/h8-10,15-16,20,25-26H,7,11-12H2,1-6H3/t15-,16-,20+/m1/s1. The maximum Gasteiger partial charge on any atom is 0.203 e. The molecule has 0 saturated heterocycles. The van der Waals surface area contributed by atoms with Crippen LogP contribution in [0.25, 0.3) is 0 Å². The van der Waals surface area contributed by atoms with Gasteiger partial charge in [0.15, 0.2) is 23.0 Å². The van der Waals surface area contributed by atoms with Crippen LogP contribution in [0.4, 0.5) is 0 Å². The number of hydrogen-bond donors (Lipinski definition) is 2. The van der Waals surface area contributed by atoms with Gasteiger partial charge in [-0.25, -0.2) is 0 Å². The summed E-state index contributed by atoms with van der Waals surface area (Å²) in [5, 5.41) is 20.6. The van der Waals surface area contributed by atoms with Crippen LogP contribution in [0.5, 0.6) is 34.5 Å². The van der Waals surface area contributed by atoms with Crippen LogP contribution in [0.2, 0.25) is 0 Å². The first-order valence-electron chi connectivity index (χ1n) is 10.4. The van der Waals surface area contributed by atoms with Crippen molar-refractivity contribution in [3.63, 3.8) is 0 Å². The summed E-state index contributed by atoms with van der Waals surface area (Å²) in [5.41, 5.74) is 2.67. The molecule has 2 aromatic rings. The summed E-state index contributed by atoms with van der Waals surface area (Å²) in [7, 11) is 9.38. The van der Waals surface area contributed by atoms with Gasteiger partial charge >= 0.3 is 0 Å². The van der Waals surface area contributed by atoms with E-state index in [0.29, 0.717) is 40.9 Å². The van der Waals surface area contributed by atoms with Crippen molar-refractivity contribution in [1.82, 2.24) is 0 Å². The van der Waals surface area contributed by atoms with Gasteiger partial charge in [0.1, 0.15) is 0 Å². The quantitative estimate of drug-likeness (QED) is 0.605. The number of ether oxygens (including phenoxy) is 6. The van der Waals surface area contributed by atoms with Crippen LogP contribution in [-0.4, -0.2) is 66.1 Å². The van der Waals surface area contributed by atoms with Gasteiger partial charge in [0.05, 0.1) is 42.7 Å². The van der Waals surface area contributed by atoms with Crippen molar-refractivity contribution in [1.29, 1.82) is 0 Å². The van der Waals surface area contributed by atoms with Crippen molar-refractivity contribution in [2.75, 3.05) is 55.9 Å². The molecule has 2 N–H and O–H groups in total. The largest absolute Gasteiger partial charge is 0.493 e. The Morgan fingerprint density at radius 2 is 1.22 bits per heavy atom. The molecule has 0 saturated carbocycles. The van der Waals surface area contributed by atoms with Gasteiger partial charge in [0, 0.05) is 24.7 Å². The zero-order chi connectivity index (χ0) is 23.4. The molecule has 3 atom stereocenters. The van der Waals surface area contributed by atoms with E-state index in [2.05, 4.69) is 0 Å². The molecule has 1 aliphatic carbocycles. The van der Waals surface area contributed by atoms with Crippen molar-refractivity contribution in [2.45, 2.75) is 12.3 Å². The third-order valence-corrected chi connectivity index (χ3v) is 6.27. The van der Waals surface area contributed by atoms with Gasteiger partial charge in [0.25, 0.3) is 0 Å². The van der Waals surface area contributed by atoms with E-state index >= 15 is 0 Å². The Labute approximate surface area is 188 Å². The highest BCUT2D eigenvalue weighted by Crippen LogP contribution is 2.54. The summed E-state index contributed by atoms with van der Waals surface area (Å²) in [5.74, 6) is 2.28. The third-order valence-electron chi connectivity index (χ3n) is 6.27. The fourth-order valence-corrected chi connectivity index (χ4v) is 4.81. The van der Waals surface area contributed by atoms with Crippen LogP contribution in [0.1, 0.15) is 22.6 Å². The van der Waals surface area contributed by atoms with Gasteiger partial charge in [0.2, 0.25) is 11.5 Å². The van der Waals surface area contributed by atoms with Crippen LogP contribution in [0, 0.1) is 11.8 Å². The molecule has 32 heavy (non-hydrogen) atoms. The lowest BCUT2D eigenvalue weighted by Gasteiger charge is -2.40. The van der Waals surface area contributed by atoms with Gasteiger partial charge in [-0.3, -0.25) is 0 Å². The van der Waals surface area contributed by atoms with Gasteiger partial charge in [-0.05, 0) is 47.6 Å². The topological polar surface area (TPSA) is 95.8 Å². The van der Waals surface area contributed by atoms with E-state index < -0.39 is 0 Å². The molecule has 8 heteroatoms. The Morgan fingerprint density at radius 1 is 0.688 bits per heavy atom. The van der Waals surface area contributed by atoms with Gasteiger partial charge in [-0.2, -0.15) is 0 Å². The minimum Gasteiger partial charge on any atom is -0.493 e. The Hall–Kier alpha value is -2.84. The first kappa shape index (κ1) is 23.8. The highest BCUT2D eigenvalue weighted by molar-refractivity contribution is 5.64. The van der Waals surface area contributed by atoms with Crippen molar-refractivity contribution < 1.29 is 38.6 Å². The lowest BCUT2D eigenvalue weighted by atomic mass is 9.66. The van der Waals surface area contributed by atoms with Gasteiger partial charge < -0.3 is 38.6 Å². The van der Waals surface area contributed by atoms with Crippen LogP contribution >= 0.6 is 0 Å². The highest BCUT2D eigenvalue weighted by Gasteiger charge is 2.41.